The predicted molar refractivity (Wildman–Crippen MR) is 92.5 cm³/mol. The van der Waals surface area contributed by atoms with Crippen molar-refractivity contribution in [2.24, 2.45) is 4.99 Å². The highest BCUT2D eigenvalue weighted by Gasteiger charge is 2.05. The number of fused-ring (bicyclic) bond motifs is 1. The molecular formula is C16H10Br2N2O. The highest BCUT2D eigenvalue weighted by atomic mass is 79.9. The molecule has 1 N–H and O–H groups in total. The number of phenolic OH excluding ortho intramolecular Hbond substituents is 1. The Bertz CT molecular complexity index is 830. The van der Waals surface area contributed by atoms with Crippen LogP contribution < -0.4 is 0 Å². The highest BCUT2D eigenvalue weighted by Crippen LogP contribution is 2.28. The first-order chi connectivity index (χ1) is 10.1. The minimum atomic E-state index is 0.200. The number of rotatable bonds is 2. The summed E-state index contributed by atoms with van der Waals surface area (Å²) >= 11 is 6.78. The molecule has 21 heavy (non-hydrogen) atoms. The second-order valence-electron chi connectivity index (χ2n) is 4.46. The topological polar surface area (TPSA) is 45.5 Å². The Hall–Kier alpha value is -1.72. The molecule has 0 spiro atoms. The third kappa shape index (κ3) is 3.14. The smallest absolute Gasteiger partial charge is 0.151 e. The van der Waals surface area contributed by atoms with E-state index in [-0.39, 0.29) is 5.75 Å². The molecule has 0 radical (unpaired) electrons. The number of hydrogen-bond donors (Lipinski definition) is 1. The Balaban J connectivity index is 2.07. The summed E-state index contributed by atoms with van der Waals surface area (Å²) in [6.07, 6.45) is 3.33. The van der Waals surface area contributed by atoms with Gasteiger partial charge in [0.05, 0.1) is 0 Å². The SMILES string of the molecule is Oc1ccc2cc(Br)ccc2c1C=Nc1ccc(Br)cn1. The van der Waals surface area contributed by atoms with Crippen LogP contribution in [-0.2, 0) is 0 Å². The number of benzene rings is 2. The van der Waals surface area contributed by atoms with E-state index in [9.17, 15) is 5.11 Å². The van der Waals surface area contributed by atoms with Crippen LogP contribution in [0.1, 0.15) is 5.56 Å². The van der Waals surface area contributed by atoms with E-state index in [2.05, 4.69) is 41.8 Å². The van der Waals surface area contributed by atoms with Gasteiger partial charge in [-0.2, -0.15) is 0 Å². The van der Waals surface area contributed by atoms with Crippen molar-refractivity contribution in [3.05, 3.63) is 63.2 Å². The van der Waals surface area contributed by atoms with Crippen molar-refractivity contribution in [3.63, 3.8) is 0 Å². The van der Waals surface area contributed by atoms with E-state index in [0.29, 0.717) is 11.4 Å². The van der Waals surface area contributed by atoms with E-state index in [1.165, 1.54) is 0 Å². The quantitative estimate of drug-likeness (QED) is 0.594. The molecule has 2 aromatic carbocycles. The van der Waals surface area contributed by atoms with Crippen LogP contribution in [0.2, 0.25) is 0 Å². The van der Waals surface area contributed by atoms with Gasteiger partial charge in [-0.3, -0.25) is 0 Å². The summed E-state index contributed by atoms with van der Waals surface area (Å²) in [4.78, 5) is 8.51. The number of hydrogen-bond acceptors (Lipinski definition) is 3. The number of halogens is 2. The third-order valence-electron chi connectivity index (χ3n) is 3.04. The maximum Gasteiger partial charge on any atom is 0.151 e. The van der Waals surface area contributed by atoms with Gasteiger partial charge in [-0.1, -0.05) is 28.1 Å². The fraction of sp³-hybridized carbons (Fsp3) is 0. The summed E-state index contributed by atoms with van der Waals surface area (Å²) < 4.78 is 1.90. The van der Waals surface area contributed by atoms with Crippen molar-refractivity contribution in [1.29, 1.82) is 0 Å². The maximum absolute atomic E-state index is 10.1. The van der Waals surface area contributed by atoms with Crippen molar-refractivity contribution < 1.29 is 5.11 Å². The number of aromatic nitrogens is 1. The highest BCUT2D eigenvalue weighted by molar-refractivity contribution is 9.10. The molecule has 1 aromatic heterocycles. The molecule has 0 saturated heterocycles. The van der Waals surface area contributed by atoms with Gasteiger partial charge in [-0.25, -0.2) is 9.98 Å². The average molecular weight is 406 g/mol. The molecule has 0 bridgehead atoms. The molecule has 0 atom stereocenters. The van der Waals surface area contributed by atoms with E-state index in [0.717, 1.165) is 19.7 Å². The summed E-state index contributed by atoms with van der Waals surface area (Å²) in [6.45, 7) is 0. The largest absolute Gasteiger partial charge is 0.507 e. The molecule has 0 amide bonds. The molecular weight excluding hydrogens is 396 g/mol. The molecule has 0 aliphatic carbocycles. The molecule has 3 aromatic rings. The van der Waals surface area contributed by atoms with Crippen molar-refractivity contribution >= 4 is 54.7 Å². The zero-order valence-corrected chi connectivity index (χ0v) is 14.0. The normalized spacial score (nSPS) is 11.3. The summed E-state index contributed by atoms with van der Waals surface area (Å²) in [7, 11) is 0. The van der Waals surface area contributed by atoms with Gasteiger partial charge in [0, 0.05) is 26.9 Å². The van der Waals surface area contributed by atoms with Crippen molar-refractivity contribution in [3.8, 4) is 5.75 Å². The fourth-order valence-electron chi connectivity index (χ4n) is 2.02. The van der Waals surface area contributed by atoms with Gasteiger partial charge >= 0.3 is 0 Å². The molecule has 0 aliphatic rings. The van der Waals surface area contributed by atoms with E-state index in [1.54, 1.807) is 24.5 Å². The first kappa shape index (κ1) is 14.2. The number of phenols is 1. The Labute approximate surface area is 138 Å². The molecule has 3 rings (SSSR count). The van der Waals surface area contributed by atoms with E-state index in [1.807, 2.05) is 30.3 Å². The van der Waals surface area contributed by atoms with Crippen LogP contribution >= 0.6 is 31.9 Å². The van der Waals surface area contributed by atoms with Crippen LogP contribution in [0.4, 0.5) is 5.82 Å². The van der Waals surface area contributed by atoms with Crippen LogP contribution in [0.15, 0.2) is 62.6 Å². The van der Waals surface area contributed by atoms with Crippen LogP contribution in [0.3, 0.4) is 0 Å². The van der Waals surface area contributed by atoms with Crippen LogP contribution in [0.5, 0.6) is 5.75 Å². The minimum Gasteiger partial charge on any atom is -0.507 e. The molecule has 0 saturated carbocycles. The van der Waals surface area contributed by atoms with Crippen molar-refractivity contribution in [2.45, 2.75) is 0 Å². The molecule has 5 heteroatoms. The maximum atomic E-state index is 10.1. The molecule has 0 fully saturated rings. The fourth-order valence-corrected chi connectivity index (χ4v) is 2.64. The summed E-state index contributed by atoms with van der Waals surface area (Å²) in [5.41, 5.74) is 0.685. The van der Waals surface area contributed by atoms with Crippen LogP contribution in [0.25, 0.3) is 10.8 Å². The molecule has 0 unspecified atom stereocenters. The lowest BCUT2D eigenvalue weighted by Crippen LogP contribution is -1.86. The standard InChI is InChI=1S/C16H10Br2N2O/c17-11-2-4-13-10(7-11)1-5-15(21)14(13)9-20-16-6-3-12(18)8-19-16/h1-9,21H. The lowest BCUT2D eigenvalue weighted by Gasteiger charge is -2.05. The second-order valence-corrected chi connectivity index (χ2v) is 6.29. The number of aliphatic imine (C=N–C) groups is 1. The van der Waals surface area contributed by atoms with Crippen molar-refractivity contribution in [2.75, 3.05) is 0 Å². The van der Waals surface area contributed by atoms with Gasteiger partial charge in [0.15, 0.2) is 5.82 Å². The first-order valence-corrected chi connectivity index (χ1v) is 7.79. The number of aromatic hydroxyl groups is 1. The Morgan fingerprint density at radius 2 is 1.81 bits per heavy atom. The van der Waals surface area contributed by atoms with Gasteiger partial charge in [0.1, 0.15) is 5.75 Å². The monoisotopic (exact) mass is 404 g/mol. The molecule has 1 heterocycles. The Kier molecular flexibility index (Phi) is 4.03. The lowest BCUT2D eigenvalue weighted by atomic mass is 10.0. The Morgan fingerprint density at radius 1 is 1.00 bits per heavy atom. The molecule has 0 aliphatic heterocycles. The number of nitrogens with zero attached hydrogens (tertiary/aromatic N) is 2. The van der Waals surface area contributed by atoms with E-state index >= 15 is 0 Å². The van der Waals surface area contributed by atoms with Gasteiger partial charge in [-0.05, 0) is 57.0 Å². The zero-order chi connectivity index (χ0) is 14.8. The minimum absolute atomic E-state index is 0.200. The Morgan fingerprint density at radius 3 is 2.57 bits per heavy atom. The predicted octanol–water partition coefficient (Wildman–Crippen LogP) is 5.22. The summed E-state index contributed by atoms with van der Waals surface area (Å²) in [6, 6.07) is 13.1. The zero-order valence-electron chi connectivity index (χ0n) is 10.8. The van der Waals surface area contributed by atoms with Crippen LogP contribution in [0, 0.1) is 0 Å². The summed E-state index contributed by atoms with van der Waals surface area (Å²) in [5.74, 6) is 0.789. The molecule has 3 nitrogen and oxygen atoms in total. The van der Waals surface area contributed by atoms with Gasteiger partial charge in [0.2, 0.25) is 0 Å². The van der Waals surface area contributed by atoms with Crippen LogP contribution in [-0.4, -0.2) is 16.3 Å². The van der Waals surface area contributed by atoms with Gasteiger partial charge in [-0.15, -0.1) is 0 Å². The molecule has 104 valence electrons. The third-order valence-corrected chi connectivity index (χ3v) is 4.00. The first-order valence-electron chi connectivity index (χ1n) is 6.20. The van der Waals surface area contributed by atoms with Gasteiger partial charge < -0.3 is 5.11 Å². The van der Waals surface area contributed by atoms with E-state index < -0.39 is 0 Å². The van der Waals surface area contributed by atoms with Crippen molar-refractivity contribution in [1.82, 2.24) is 4.98 Å². The lowest BCUT2D eigenvalue weighted by molar-refractivity contribution is 0.475. The van der Waals surface area contributed by atoms with Gasteiger partial charge in [0.25, 0.3) is 0 Å². The average Bonchev–Trinajstić information content (AvgIpc) is 2.48. The summed E-state index contributed by atoms with van der Waals surface area (Å²) in [5, 5.41) is 12.0. The van der Waals surface area contributed by atoms with E-state index in [4.69, 9.17) is 0 Å². The second kappa shape index (κ2) is 5.95. The number of pyridine rings is 1.